The van der Waals surface area contributed by atoms with Crippen LogP contribution in [0, 0.1) is 0 Å². The molecule has 5 heteroatoms. The van der Waals surface area contributed by atoms with Gasteiger partial charge in [-0.3, -0.25) is 4.90 Å². The Morgan fingerprint density at radius 2 is 2.05 bits per heavy atom. The van der Waals surface area contributed by atoms with Gasteiger partial charge in [0, 0.05) is 16.0 Å². The molecule has 0 aromatic heterocycles. The van der Waals surface area contributed by atoms with Crippen molar-refractivity contribution in [2.24, 2.45) is 0 Å². The zero-order valence-electron chi connectivity index (χ0n) is 11.2. The molecule has 0 bridgehead atoms. The van der Waals surface area contributed by atoms with Gasteiger partial charge in [-0.2, -0.15) is 0 Å². The van der Waals surface area contributed by atoms with Crippen molar-refractivity contribution in [1.29, 1.82) is 0 Å². The number of carbonyl (C=O) groups is 1. The van der Waals surface area contributed by atoms with E-state index < -0.39 is 0 Å². The first-order valence-electron chi connectivity index (χ1n) is 6.61. The summed E-state index contributed by atoms with van der Waals surface area (Å²) in [5.41, 5.74) is 2.89. The number of anilines is 1. The summed E-state index contributed by atoms with van der Waals surface area (Å²) in [4.78, 5) is 13.9. The maximum Gasteiger partial charge on any atom is 0.414 e. The summed E-state index contributed by atoms with van der Waals surface area (Å²) in [5, 5.41) is 0.667. The van der Waals surface area contributed by atoms with Crippen molar-refractivity contribution in [3.8, 4) is 0 Å². The topological polar surface area (TPSA) is 29.5 Å². The molecular weight excluding hydrogens is 354 g/mol. The van der Waals surface area contributed by atoms with Gasteiger partial charge in [0.25, 0.3) is 0 Å². The summed E-state index contributed by atoms with van der Waals surface area (Å²) < 4.78 is 6.21. The minimum absolute atomic E-state index is 0.275. The number of amides is 1. The molecule has 1 amide bonds. The van der Waals surface area contributed by atoms with E-state index in [4.69, 9.17) is 16.3 Å². The summed E-state index contributed by atoms with van der Waals surface area (Å²) in [6.07, 6.45) is 0.454. The monoisotopic (exact) mass is 365 g/mol. The minimum atomic E-state index is -0.333. The summed E-state index contributed by atoms with van der Waals surface area (Å²) in [7, 11) is 0. The number of benzene rings is 2. The van der Waals surface area contributed by atoms with Gasteiger partial charge in [0.15, 0.2) is 0 Å². The molecule has 3 nitrogen and oxygen atoms in total. The first kappa shape index (κ1) is 14.4. The quantitative estimate of drug-likeness (QED) is 0.764. The van der Waals surface area contributed by atoms with Crippen LogP contribution in [0.4, 0.5) is 10.5 Å². The Morgan fingerprint density at radius 3 is 2.81 bits per heavy atom. The van der Waals surface area contributed by atoms with E-state index in [1.54, 1.807) is 11.0 Å². The van der Waals surface area contributed by atoms with Gasteiger partial charge in [-0.05, 0) is 45.6 Å². The normalized spacial score (nSPS) is 13.1. The fourth-order valence-corrected chi connectivity index (χ4v) is 3.52. The van der Waals surface area contributed by atoms with Crippen molar-refractivity contribution >= 4 is 39.3 Å². The SMILES string of the molecule is O=C(OCc1ccccc1)N1CCc2cc(Cl)cc(Br)c21. The Bertz CT molecular complexity index is 675. The number of rotatable bonds is 2. The maximum atomic E-state index is 12.3. The van der Waals surface area contributed by atoms with E-state index in [1.165, 1.54) is 0 Å². The summed E-state index contributed by atoms with van der Waals surface area (Å²) in [5.74, 6) is 0. The number of carbonyl (C=O) groups excluding carboxylic acids is 1. The van der Waals surface area contributed by atoms with Crippen LogP contribution in [0.2, 0.25) is 5.02 Å². The molecule has 2 aromatic rings. The lowest BCUT2D eigenvalue weighted by atomic mass is 10.2. The van der Waals surface area contributed by atoms with Crippen molar-refractivity contribution < 1.29 is 9.53 Å². The third kappa shape index (κ3) is 3.06. The molecule has 2 aromatic carbocycles. The van der Waals surface area contributed by atoms with E-state index in [1.807, 2.05) is 36.4 Å². The van der Waals surface area contributed by atoms with Gasteiger partial charge in [-0.25, -0.2) is 4.79 Å². The molecule has 0 fully saturated rings. The molecule has 1 aliphatic rings. The number of hydrogen-bond donors (Lipinski definition) is 0. The number of halogens is 2. The van der Waals surface area contributed by atoms with Gasteiger partial charge in [-0.1, -0.05) is 41.9 Å². The molecule has 3 rings (SSSR count). The average Bonchev–Trinajstić information content (AvgIpc) is 2.90. The second kappa shape index (κ2) is 6.08. The molecule has 21 heavy (non-hydrogen) atoms. The number of nitrogens with zero attached hydrogens (tertiary/aromatic N) is 1. The zero-order valence-corrected chi connectivity index (χ0v) is 13.5. The van der Waals surface area contributed by atoms with Crippen LogP contribution >= 0.6 is 27.5 Å². The molecule has 0 aliphatic carbocycles. The highest BCUT2D eigenvalue weighted by atomic mass is 79.9. The minimum Gasteiger partial charge on any atom is -0.444 e. The Morgan fingerprint density at radius 1 is 1.29 bits per heavy atom. The Balaban J connectivity index is 1.74. The third-order valence-electron chi connectivity index (χ3n) is 3.41. The summed E-state index contributed by atoms with van der Waals surface area (Å²) >= 11 is 9.50. The fraction of sp³-hybridized carbons (Fsp3) is 0.188. The Kier molecular flexibility index (Phi) is 4.17. The van der Waals surface area contributed by atoms with Crippen LogP contribution in [-0.4, -0.2) is 12.6 Å². The fourth-order valence-electron chi connectivity index (χ4n) is 2.44. The summed E-state index contributed by atoms with van der Waals surface area (Å²) in [6.45, 7) is 0.888. The van der Waals surface area contributed by atoms with Crippen LogP contribution in [0.5, 0.6) is 0 Å². The van der Waals surface area contributed by atoms with Gasteiger partial charge in [0.1, 0.15) is 6.61 Å². The zero-order chi connectivity index (χ0) is 14.8. The molecule has 0 unspecified atom stereocenters. The highest BCUT2D eigenvalue weighted by Gasteiger charge is 2.28. The highest BCUT2D eigenvalue weighted by molar-refractivity contribution is 9.10. The standard InChI is InChI=1S/C16H13BrClNO2/c17-14-9-13(18)8-12-6-7-19(15(12)14)16(20)21-10-11-4-2-1-3-5-11/h1-5,8-9H,6-7,10H2. The first-order valence-corrected chi connectivity index (χ1v) is 7.78. The van der Waals surface area contributed by atoms with Crippen LogP contribution in [-0.2, 0) is 17.8 Å². The first-order chi connectivity index (χ1) is 10.1. The van der Waals surface area contributed by atoms with Crippen molar-refractivity contribution in [3.05, 3.63) is 63.1 Å². The van der Waals surface area contributed by atoms with Crippen molar-refractivity contribution in [2.45, 2.75) is 13.0 Å². The van der Waals surface area contributed by atoms with Gasteiger partial charge >= 0.3 is 6.09 Å². The third-order valence-corrected chi connectivity index (χ3v) is 4.23. The molecule has 0 radical (unpaired) electrons. The molecule has 108 valence electrons. The number of hydrogen-bond acceptors (Lipinski definition) is 2. The molecule has 0 saturated heterocycles. The molecular formula is C16H13BrClNO2. The van der Waals surface area contributed by atoms with E-state index in [-0.39, 0.29) is 12.7 Å². The molecule has 0 saturated carbocycles. The predicted octanol–water partition coefficient (Wildman–Crippen LogP) is 4.80. The maximum absolute atomic E-state index is 12.3. The second-order valence-electron chi connectivity index (χ2n) is 4.84. The highest BCUT2D eigenvalue weighted by Crippen LogP contribution is 2.38. The largest absolute Gasteiger partial charge is 0.444 e. The van der Waals surface area contributed by atoms with Crippen LogP contribution in [0.3, 0.4) is 0 Å². The smallest absolute Gasteiger partial charge is 0.414 e. The lowest BCUT2D eigenvalue weighted by Crippen LogP contribution is -2.29. The predicted molar refractivity (Wildman–Crippen MR) is 86.8 cm³/mol. The Labute approximate surface area is 136 Å². The van der Waals surface area contributed by atoms with Crippen molar-refractivity contribution in [1.82, 2.24) is 0 Å². The second-order valence-corrected chi connectivity index (χ2v) is 6.13. The lowest BCUT2D eigenvalue weighted by molar-refractivity contribution is 0.147. The summed E-state index contributed by atoms with van der Waals surface area (Å²) in [6, 6.07) is 13.3. The van der Waals surface area contributed by atoms with Crippen LogP contribution < -0.4 is 4.90 Å². The van der Waals surface area contributed by atoms with Gasteiger partial charge in [-0.15, -0.1) is 0 Å². The molecule has 1 aliphatic heterocycles. The van der Waals surface area contributed by atoms with E-state index in [9.17, 15) is 4.79 Å². The van der Waals surface area contributed by atoms with E-state index in [2.05, 4.69) is 15.9 Å². The lowest BCUT2D eigenvalue weighted by Gasteiger charge is -2.18. The molecule has 0 atom stereocenters. The van der Waals surface area contributed by atoms with Crippen LogP contribution in [0.25, 0.3) is 0 Å². The van der Waals surface area contributed by atoms with Gasteiger partial charge < -0.3 is 4.74 Å². The van der Waals surface area contributed by atoms with Crippen molar-refractivity contribution in [3.63, 3.8) is 0 Å². The van der Waals surface area contributed by atoms with E-state index >= 15 is 0 Å². The van der Waals surface area contributed by atoms with Crippen LogP contribution in [0.1, 0.15) is 11.1 Å². The molecule has 0 N–H and O–H groups in total. The van der Waals surface area contributed by atoms with Gasteiger partial charge in [0.2, 0.25) is 0 Å². The van der Waals surface area contributed by atoms with E-state index in [0.717, 1.165) is 27.7 Å². The van der Waals surface area contributed by atoms with Gasteiger partial charge in [0.05, 0.1) is 5.69 Å². The molecule has 0 spiro atoms. The van der Waals surface area contributed by atoms with E-state index in [0.29, 0.717) is 11.6 Å². The Hall–Kier alpha value is -1.52. The van der Waals surface area contributed by atoms with Crippen LogP contribution in [0.15, 0.2) is 46.9 Å². The number of ether oxygens (including phenoxy) is 1. The molecule has 1 heterocycles. The average molecular weight is 367 g/mol. The number of fused-ring (bicyclic) bond motifs is 1. The van der Waals surface area contributed by atoms with Crippen molar-refractivity contribution in [2.75, 3.05) is 11.4 Å².